The molecule has 1 atom stereocenters. The maximum Gasteiger partial charge on any atom is 0.240 e. The van der Waals surface area contributed by atoms with Gasteiger partial charge in [-0.2, -0.15) is 0 Å². The normalized spacial score (nSPS) is 20.9. The molecular weight excluding hydrogens is 385 g/mol. The van der Waals surface area contributed by atoms with Gasteiger partial charge in [0.25, 0.3) is 0 Å². The molecule has 2 amide bonds. The van der Waals surface area contributed by atoms with Gasteiger partial charge in [0.1, 0.15) is 0 Å². The average Bonchev–Trinajstić information content (AvgIpc) is 2.66. The highest BCUT2D eigenvalue weighted by Gasteiger charge is 2.30. The van der Waals surface area contributed by atoms with Gasteiger partial charge in [-0.05, 0) is 30.4 Å². The van der Waals surface area contributed by atoms with Gasteiger partial charge in [0.2, 0.25) is 11.8 Å². The van der Waals surface area contributed by atoms with E-state index >= 15 is 0 Å². The van der Waals surface area contributed by atoms with Crippen LogP contribution in [0.3, 0.4) is 0 Å². The van der Waals surface area contributed by atoms with E-state index in [-0.39, 0.29) is 30.6 Å². The molecule has 1 unspecified atom stereocenters. The molecule has 0 radical (unpaired) electrons. The first kappa shape index (κ1) is 22.0. The molecule has 2 fully saturated rings. The number of hydrogen-bond acceptors (Lipinski definition) is 3. The van der Waals surface area contributed by atoms with E-state index in [1.807, 2.05) is 24.3 Å². The second-order valence-electron chi connectivity index (χ2n) is 7.37. The van der Waals surface area contributed by atoms with E-state index in [9.17, 15) is 9.59 Å². The van der Waals surface area contributed by atoms with Crippen LogP contribution in [0.25, 0.3) is 0 Å². The van der Waals surface area contributed by atoms with Crippen molar-refractivity contribution in [3.8, 4) is 0 Å². The third kappa shape index (κ3) is 6.37. The zero-order chi connectivity index (χ0) is 18.4. The predicted molar refractivity (Wildman–Crippen MR) is 110 cm³/mol. The lowest BCUT2D eigenvalue weighted by Crippen LogP contribution is -2.56. The molecule has 1 aromatic carbocycles. The molecule has 5 nitrogen and oxygen atoms in total. The highest BCUT2D eigenvalue weighted by Crippen LogP contribution is 2.23. The summed E-state index contributed by atoms with van der Waals surface area (Å²) in [6.45, 7) is 2.55. The number of nitrogens with zero attached hydrogens (tertiary/aromatic N) is 1. The predicted octanol–water partition coefficient (Wildman–Crippen LogP) is 3.15. The fraction of sp³-hybridized carbons (Fsp3) is 0.600. The fourth-order valence-electron chi connectivity index (χ4n) is 3.85. The van der Waals surface area contributed by atoms with Crippen LogP contribution in [0.4, 0.5) is 0 Å². The Morgan fingerprint density at radius 2 is 1.96 bits per heavy atom. The van der Waals surface area contributed by atoms with Crippen LogP contribution in [0, 0.1) is 5.92 Å². The van der Waals surface area contributed by atoms with Crippen LogP contribution >= 0.6 is 24.0 Å². The largest absolute Gasteiger partial charge is 0.356 e. The minimum Gasteiger partial charge on any atom is -0.356 e. The molecule has 0 spiro atoms. The zero-order valence-electron chi connectivity index (χ0n) is 15.6. The van der Waals surface area contributed by atoms with Crippen molar-refractivity contribution in [3.63, 3.8) is 0 Å². The summed E-state index contributed by atoms with van der Waals surface area (Å²) in [6, 6.07) is 7.12. The van der Waals surface area contributed by atoms with Crippen molar-refractivity contribution in [2.24, 2.45) is 5.92 Å². The van der Waals surface area contributed by atoms with Gasteiger partial charge in [-0.15, -0.1) is 12.4 Å². The molecule has 1 heterocycles. The van der Waals surface area contributed by atoms with Gasteiger partial charge >= 0.3 is 0 Å². The Labute approximate surface area is 172 Å². The maximum absolute atomic E-state index is 12.7. The molecule has 1 aliphatic heterocycles. The van der Waals surface area contributed by atoms with Gasteiger partial charge in [0.05, 0.1) is 12.5 Å². The molecule has 1 saturated carbocycles. The standard InChI is InChI=1S/C20H28ClN3O2.ClH/c21-17-9-5-4-8-16(17)14-24-11-10-22-18(20(24)26)12-19(25)23-13-15-6-2-1-3-7-15;/h4-5,8-9,15,18,22H,1-3,6-7,10-14H2,(H,23,25);1H. The topological polar surface area (TPSA) is 61.4 Å². The highest BCUT2D eigenvalue weighted by atomic mass is 35.5. The van der Waals surface area contributed by atoms with Gasteiger partial charge in [-0.25, -0.2) is 0 Å². The summed E-state index contributed by atoms with van der Waals surface area (Å²) in [5.74, 6) is 0.532. The Hall–Kier alpha value is -1.30. The molecule has 150 valence electrons. The van der Waals surface area contributed by atoms with E-state index in [0.717, 1.165) is 12.1 Å². The van der Waals surface area contributed by atoms with Gasteiger partial charge in [-0.1, -0.05) is 49.1 Å². The second kappa shape index (κ2) is 10.9. The van der Waals surface area contributed by atoms with Crippen molar-refractivity contribution in [3.05, 3.63) is 34.9 Å². The van der Waals surface area contributed by atoms with E-state index in [0.29, 0.717) is 30.6 Å². The van der Waals surface area contributed by atoms with E-state index < -0.39 is 6.04 Å². The molecule has 0 aromatic heterocycles. The van der Waals surface area contributed by atoms with Gasteiger partial charge in [0, 0.05) is 31.2 Å². The van der Waals surface area contributed by atoms with Gasteiger partial charge < -0.3 is 15.5 Å². The summed E-state index contributed by atoms with van der Waals surface area (Å²) in [5, 5.41) is 6.87. The summed E-state index contributed by atoms with van der Waals surface area (Å²) < 4.78 is 0. The van der Waals surface area contributed by atoms with E-state index in [4.69, 9.17) is 11.6 Å². The number of benzene rings is 1. The number of carbonyl (C=O) groups excluding carboxylic acids is 2. The Morgan fingerprint density at radius 3 is 2.70 bits per heavy atom. The third-order valence-electron chi connectivity index (χ3n) is 5.40. The second-order valence-corrected chi connectivity index (χ2v) is 7.78. The van der Waals surface area contributed by atoms with E-state index in [2.05, 4.69) is 10.6 Å². The zero-order valence-corrected chi connectivity index (χ0v) is 17.2. The van der Waals surface area contributed by atoms with Crippen LogP contribution < -0.4 is 10.6 Å². The quantitative estimate of drug-likeness (QED) is 0.752. The Kier molecular flexibility index (Phi) is 8.87. The SMILES string of the molecule is Cl.O=C(CC1NCCN(Cc2ccccc2Cl)C1=O)NCC1CCCCC1. The summed E-state index contributed by atoms with van der Waals surface area (Å²) in [4.78, 5) is 26.8. The van der Waals surface area contributed by atoms with Crippen molar-refractivity contribution in [2.75, 3.05) is 19.6 Å². The maximum atomic E-state index is 12.7. The number of rotatable bonds is 6. The number of hydrogen-bond donors (Lipinski definition) is 2. The lowest BCUT2D eigenvalue weighted by molar-refractivity contribution is -0.138. The number of nitrogens with one attached hydrogen (secondary N) is 2. The fourth-order valence-corrected chi connectivity index (χ4v) is 4.04. The lowest BCUT2D eigenvalue weighted by atomic mass is 9.89. The molecule has 1 aliphatic carbocycles. The van der Waals surface area contributed by atoms with Crippen molar-refractivity contribution >= 4 is 35.8 Å². The summed E-state index contributed by atoms with van der Waals surface area (Å²) in [5.41, 5.74) is 0.935. The van der Waals surface area contributed by atoms with Gasteiger partial charge in [0.15, 0.2) is 0 Å². The first-order chi connectivity index (χ1) is 12.6. The molecule has 27 heavy (non-hydrogen) atoms. The van der Waals surface area contributed by atoms with Crippen LogP contribution in [-0.4, -0.2) is 42.4 Å². The first-order valence-electron chi connectivity index (χ1n) is 9.66. The van der Waals surface area contributed by atoms with Crippen LogP contribution in [0.5, 0.6) is 0 Å². The van der Waals surface area contributed by atoms with E-state index in [1.165, 1.54) is 32.1 Å². The molecular formula is C20H29Cl2N3O2. The monoisotopic (exact) mass is 413 g/mol. The van der Waals surface area contributed by atoms with Crippen molar-refractivity contribution in [1.29, 1.82) is 0 Å². The summed E-state index contributed by atoms with van der Waals surface area (Å²) in [6.07, 6.45) is 6.44. The molecule has 3 rings (SSSR count). The number of amides is 2. The minimum absolute atomic E-state index is 0. The third-order valence-corrected chi connectivity index (χ3v) is 5.77. The van der Waals surface area contributed by atoms with Crippen LogP contribution in [0.15, 0.2) is 24.3 Å². The Bertz CT molecular complexity index is 635. The van der Waals surface area contributed by atoms with Gasteiger partial charge in [-0.3, -0.25) is 9.59 Å². The van der Waals surface area contributed by atoms with Crippen molar-refractivity contribution in [1.82, 2.24) is 15.5 Å². The molecule has 7 heteroatoms. The van der Waals surface area contributed by atoms with Crippen molar-refractivity contribution < 1.29 is 9.59 Å². The minimum atomic E-state index is -0.447. The lowest BCUT2D eigenvalue weighted by Gasteiger charge is -2.33. The molecule has 2 aliphatic rings. The first-order valence-corrected chi connectivity index (χ1v) is 10.0. The summed E-state index contributed by atoms with van der Waals surface area (Å²) in [7, 11) is 0. The average molecular weight is 414 g/mol. The summed E-state index contributed by atoms with van der Waals surface area (Å²) >= 11 is 6.21. The van der Waals surface area contributed by atoms with Crippen LogP contribution in [-0.2, 0) is 16.1 Å². The molecule has 0 bridgehead atoms. The Balaban J connectivity index is 0.00000261. The highest BCUT2D eigenvalue weighted by molar-refractivity contribution is 6.31. The van der Waals surface area contributed by atoms with E-state index in [1.54, 1.807) is 4.90 Å². The smallest absolute Gasteiger partial charge is 0.240 e. The van der Waals surface area contributed by atoms with Crippen LogP contribution in [0.2, 0.25) is 5.02 Å². The Morgan fingerprint density at radius 1 is 1.22 bits per heavy atom. The van der Waals surface area contributed by atoms with Crippen molar-refractivity contribution in [2.45, 2.75) is 51.1 Å². The number of halogens is 2. The van der Waals surface area contributed by atoms with Crippen LogP contribution in [0.1, 0.15) is 44.1 Å². The number of carbonyl (C=O) groups is 2. The molecule has 1 saturated heterocycles. The molecule has 1 aromatic rings. The number of piperazine rings is 1. The molecule has 2 N–H and O–H groups in total.